The molecule has 0 saturated heterocycles. The summed E-state index contributed by atoms with van der Waals surface area (Å²) < 4.78 is 17.7. The summed E-state index contributed by atoms with van der Waals surface area (Å²) in [7, 11) is 1.30. The zero-order valence-corrected chi connectivity index (χ0v) is 8.57. The largest absolute Gasteiger partial charge is 0.469 e. The standard InChI is InChI=1S/C11H14FNO2/c1-15-11(14)7-9(13)6-8-4-2-3-5-10(8)12/h2-5,9H,6-7,13H2,1H3. The number of benzene rings is 1. The maximum atomic E-state index is 13.2. The molecule has 0 saturated carbocycles. The summed E-state index contributed by atoms with van der Waals surface area (Å²) in [6, 6.07) is 5.98. The van der Waals surface area contributed by atoms with Crippen molar-refractivity contribution < 1.29 is 13.9 Å². The molecular formula is C11H14FNO2. The fraction of sp³-hybridized carbons (Fsp3) is 0.364. The van der Waals surface area contributed by atoms with E-state index in [9.17, 15) is 9.18 Å². The lowest BCUT2D eigenvalue weighted by molar-refractivity contribution is -0.140. The second kappa shape index (κ2) is 5.46. The molecule has 82 valence electrons. The summed E-state index contributed by atoms with van der Waals surface area (Å²) >= 11 is 0. The van der Waals surface area contributed by atoms with Gasteiger partial charge in [0.25, 0.3) is 0 Å². The molecule has 1 unspecified atom stereocenters. The number of methoxy groups -OCH3 is 1. The van der Waals surface area contributed by atoms with Crippen LogP contribution in [0.4, 0.5) is 4.39 Å². The van der Waals surface area contributed by atoms with Crippen molar-refractivity contribution in [2.75, 3.05) is 7.11 Å². The van der Waals surface area contributed by atoms with Crippen LogP contribution in [0.3, 0.4) is 0 Å². The van der Waals surface area contributed by atoms with Crippen LogP contribution in [0.5, 0.6) is 0 Å². The van der Waals surface area contributed by atoms with Gasteiger partial charge >= 0.3 is 5.97 Å². The van der Waals surface area contributed by atoms with E-state index in [-0.39, 0.29) is 18.2 Å². The summed E-state index contributed by atoms with van der Waals surface area (Å²) in [6.45, 7) is 0. The minimum Gasteiger partial charge on any atom is -0.469 e. The number of halogens is 1. The van der Waals surface area contributed by atoms with Gasteiger partial charge in [-0.1, -0.05) is 18.2 Å². The molecule has 1 aromatic carbocycles. The molecule has 0 heterocycles. The van der Waals surface area contributed by atoms with Crippen molar-refractivity contribution in [2.45, 2.75) is 18.9 Å². The molecule has 2 N–H and O–H groups in total. The van der Waals surface area contributed by atoms with Crippen LogP contribution in [0.1, 0.15) is 12.0 Å². The van der Waals surface area contributed by atoms with Crippen LogP contribution in [-0.4, -0.2) is 19.1 Å². The summed E-state index contributed by atoms with van der Waals surface area (Å²) in [5.74, 6) is -0.670. The molecule has 0 radical (unpaired) electrons. The average molecular weight is 211 g/mol. The Morgan fingerprint density at radius 1 is 1.53 bits per heavy atom. The highest BCUT2D eigenvalue weighted by Gasteiger charge is 2.12. The third kappa shape index (κ3) is 3.67. The number of carbonyl (C=O) groups is 1. The normalized spacial score (nSPS) is 12.2. The first kappa shape index (κ1) is 11.7. The SMILES string of the molecule is COC(=O)CC(N)Cc1ccccc1F. The number of hydrogen-bond donors (Lipinski definition) is 1. The van der Waals surface area contributed by atoms with Crippen molar-refractivity contribution in [1.29, 1.82) is 0 Å². The molecule has 0 aliphatic rings. The molecule has 0 bridgehead atoms. The van der Waals surface area contributed by atoms with Crippen molar-refractivity contribution in [1.82, 2.24) is 0 Å². The maximum absolute atomic E-state index is 13.2. The molecule has 4 heteroatoms. The smallest absolute Gasteiger partial charge is 0.307 e. The lowest BCUT2D eigenvalue weighted by atomic mass is 10.0. The van der Waals surface area contributed by atoms with Gasteiger partial charge in [0.15, 0.2) is 0 Å². The summed E-state index contributed by atoms with van der Waals surface area (Å²) in [6.07, 6.45) is 0.437. The molecule has 0 aliphatic carbocycles. The molecule has 0 amide bonds. The summed E-state index contributed by atoms with van der Waals surface area (Å²) in [5.41, 5.74) is 6.21. The van der Waals surface area contributed by atoms with Gasteiger partial charge in [-0.3, -0.25) is 4.79 Å². The van der Waals surface area contributed by atoms with Crippen molar-refractivity contribution in [2.24, 2.45) is 5.73 Å². The molecule has 15 heavy (non-hydrogen) atoms. The lowest BCUT2D eigenvalue weighted by Gasteiger charge is -2.10. The van der Waals surface area contributed by atoms with Gasteiger partial charge in [-0.25, -0.2) is 4.39 Å². The van der Waals surface area contributed by atoms with E-state index in [2.05, 4.69) is 4.74 Å². The Morgan fingerprint density at radius 3 is 2.80 bits per heavy atom. The first-order valence-corrected chi connectivity index (χ1v) is 4.69. The van der Waals surface area contributed by atoms with Gasteiger partial charge in [0.05, 0.1) is 13.5 Å². The average Bonchev–Trinajstić information content (AvgIpc) is 2.21. The third-order valence-electron chi connectivity index (χ3n) is 2.10. The minimum atomic E-state index is -0.408. The quantitative estimate of drug-likeness (QED) is 0.763. The van der Waals surface area contributed by atoms with Gasteiger partial charge in [0.2, 0.25) is 0 Å². The van der Waals surface area contributed by atoms with E-state index < -0.39 is 6.04 Å². The summed E-state index contributed by atoms with van der Waals surface area (Å²) in [5, 5.41) is 0. The Bertz CT molecular complexity index is 341. The van der Waals surface area contributed by atoms with Crippen molar-refractivity contribution in [3.05, 3.63) is 35.6 Å². The fourth-order valence-corrected chi connectivity index (χ4v) is 1.32. The van der Waals surface area contributed by atoms with Crippen LogP contribution in [0.2, 0.25) is 0 Å². The van der Waals surface area contributed by atoms with Crippen LogP contribution in [0.25, 0.3) is 0 Å². The molecule has 1 atom stereocenters. The Morgan fingerprint density at radius 2 is 2.20 bits per heavy atom. The van der Waals surface area contributed by atoms with Crippen LogP contribution in [0, 0.1) is 5.82 Å². The monoisotopic (exact) mass is 211 g/mol. The Labute approximate surface area is 88.0 Å². The zero-order valence-electron chi connectivity index (χ0n) is 8.57. The van der Waals surface area contributed by atoms with E-state index in [1.165, 1.54) is 13.2 Å². The second-order valence-electron chi connectivity index (χ2n) is 3.34. The lowest BCUT2D eigenvalue weighted by Crippen LogP contribution is -2.27. The Balaban J connectivity index is 2.55. The number of ether oxygens (including phenoxy) is 1. The van der Waals surface area contributed by atoms with E-state index in [1.807, 2.05) is 0 Å². The van der Waals surface area contributed by atoms with Gasteiger partial charge < -0.3 is 10.5 Å². The van der Waals surface area contributed by atoms with Crippen molar-refractivity contribution in [3.63, 3.8) is 0 Å². The van der Waals surface area contributed by atoms with E-state index in [4.69, 9.17) is 5.73 Å². The predicted octanol–water partition coefficient (Wildman–Crippen LogP) is 1.26. The molecule has 1 aromatic rings. The molecule has 0 aliphatic heterocycles. The van der Waals surface area contributed by atoms with Gasteiger partial charge in [-0.2, -0.15) is 0 Å². The van der Waals surface area contributed by atoms with E-state index >= 15 is 0 Å². The number of nitrogens with two attached hydrogens (primary N) is 1. The van der Waals surface area contributed by atoms with Gasteiger partial charge in [-0.15, -0.1) is 0 Å². The molecule has 3 nitrogen and oxygen atoms in total. The molecular weight excluding hydrogens is 197 g/mol. The van der Waals surface area contributed by atoms with Crippen molar-refractivity contribution in [3.8, 4) is 0 Å². The van der Waals surface area contributed by atoms with E-state index in [0.29, 0.717) is 12.0 Å². The van der Waals surface area contributed by atoms with Crippen molar-refractivity contribution >= 4 is 5.97 Å². The topological polar surface area (TPSA) is 52.3 Å². The molecule has 0 spiro atoms. The van der Waals surface area contributed by atoms with E-state index in [0.717, 1.165) is 0 Å². The molecule has 0 fully saturated rings. The Hall–Kier alpha value is -1.42. The highest BCUT2D eigenvalue weighted by atomic mass is 19.1. The Kier molecular flexibility index (Phi) is 4.24. The van der Waals surface area contributed by atoms with Crippen LogP contribution >= 0.6 is 0 Å². The minimum absolute atomic E-state index is 0.102. The third-order valence-corrected chi connectivity index (χ3v) is 2.10. The van der Waals surface area contributed by atoms with Crippen LogP contribution < -0.4 is 5.73 Å². The number of carbonyl (C=O) groups excluding carboxylic acids is 1. The maximum Gasteiger partial charge on any atom is 0.307 e. The number of hydrogen-bond acceptors (Lipinski definition) is 3. The highest BCUT2D eigenvalue weighted by Crippen LogP contribution is 2.09. The van der Waals surface area contributed by atoms with Gasteiger partial charge in [0, 0.05) is 6.04 Å². The second-order valence-corrected chi connectivity index (χ2v) is 3.34. The van der Waals surface area contributed by atoms with Gasteiger partial charge in [-0.05, 0) is 18.1 Å². The fourth-order valence-electron chi connectivity index (χ4n) is 1.32. The first-order chi connectivity index (χ1) is 7.13. The summed E-state index contributed by atoms with van der Waals surface area (Å²) in [4.78, 5) is 10.9. The number of rotatable bonds is 4. The van der Waals surface area contributed by atoms with Crippen LogP contribution in [-0.2, 0) is 16.0 Å². The molecule has 0 aromatic heterocycles. The molecule has 1 rings (SSSR count). The number of esters is 1. The predicted molar refractivity (Wildman–Crippen MR) is 54.7 cm³/mol. The van der Waals surface area contributed by atoms with Crippen LogP contribution in [0.15, 0.2) is 24.3 Å². The first-order valence-electron chi connectivity index (χ1n) is 4.69. The zero-order chi connectivity index (χ0) is 11.3. The van der Waals surface area contributed by atoms with Gasteiger partial charge in [0.1, 0.15) is 5.82 Å². The van der Waals surface area contributed by atoms with E-state index in [1.54, 1.807) is 18.2 Å². The highest BCUT2D eigenvalue weighted by molar-refractivity contribution is 5.69.